The van der Waals surface area contributed by atoms with Crippen molar-refractivity contribution in [2.45, 2.75) is 38.7 Å². The van der Waals surface area contributed by atoms with Crippen molar-refractivity contribution in [3.8, 4) is 0 Å². The maximum Gasteiger partial charge on any atom is 0.261 e. The second-order valence-electron chi connectivity index (χ2n) is 6.72. The van der Waals surface area contributed by atoms with Gasteiger partial charge in [-0.15, -0.1) is 0 Å². The first-order chi connectivity index (χ1) is 12.2. The van der Waals surface area contributed by atoms with Crippen molar-refractivity contribution in [1.82, 2.24) is 4.90 Å². The van der Waals surface area contributed by atoms with Gasteiger partial charge in [0, 0.05) is 23.7 Å². The number of hydrogen-bond acceptors (Lipinski definition) is 3. The third-order valence-electron chi connectivity index (χ3n) is 4.85. The molecule has 0 aliphatic carbocycles. The molecule has 1 heterocycles. The van der Waals surface area contributed by atoms with E-state index in [0.29, 0.717) is 0 Å². The van der Waals surface area contributed by atoms with Gasteiger partial charge in [-0.2, -0.15) is 0 Å². The maximum absolute atomic E-state index is 13.9. The zero-order valence-electron chi connectivity index (χ0n) is 15.0. The molecule has 0 atom stereocenters. The van der Waals surface area contributed by atoms with Gasteiger partial charge >= 0.3 is 0 Å². The van der Waals surface area contributed by atoms with E-state index in [1.54, 1.807) is 0 Å². The maximum atomic E-state index is 13.9. The van der Waals surface area contributed by atoms with Crippen LogP contribution in [0.3, 0.4) is 0 Å². The number of nitrogens with zero attached hydrogens (tertiary/aromatic N) is 1. The van der Waals surface area contributed by atoms with Gasteiger partial charge in [-0.25, -0.2) is 0 Å². The SMILES string of the molecule is CCCCN1CCC(OP(=O)(c2ccccc2)c2ccccc2)CC1. The number of hydrogen-bond donors (Lipinski definition) is 0. The topological polar surface area (TPSA) is 29.5 Å². The first-order valence-corrected chi connectivity index (χ1v) is 11.0. The van der Waals surface area contributed by atoms with Crippen LogP contribution in [-0.2, 0) is 9.09 Å². The minimum absolute atomic E-state index is 0.0594. The molecule has 0 radical (unpaired) electrons. The van der Waals surface area contributed by atoms with Gasteiger partial charge in [0.15, 0.2) is 0 Å². The average molecular weight is 357 g/mol. The van der Waals surface area contributed by atoms with E-state index in [4.69, 9.17) is 4.52 Å². The second-order valence-corrected chi connectivity index (χ2v) is 9.07. The van der Waals surface area contributed by atoms with Crippen molar-refractivity contribution < 1.29 is 9.09 Å². The lowest BCUT2D eigenvalue weighted by atomic mass is 10.1. The minimum Gasteiger partial charge on any atom is -0.319 e. The molecule has 0 spiro atoms. The Morgan fingerprint density at radius 1 is 0.960 bits per heavy atom. The molecule has 0 saturated carbocycles. The average Bonchev–Trinajstić information content (AvgIpc) is 2.69. The van der Waals surface area contributed by atoms with Crippen LogP contribution in [0, 0.1) is 0 Å². The Labute approximate surface area is 151 Å². The highest BCUT2D eigenvalue weighted by atomic mass is 31.2. The molecule has 1 aliphatic heterocycles. The highest BCUT2D eigenvalue weighted by molar-refractivity contribution is 7.74. The number of likely N-dealkylation sites (tertiary alicyclic amines) is 1. The molecule has 4 heteroatoms. The zero-order valence-corrected chi connectivity index (χ0v) is 15.9. The predicted molar refractivity (Wildman–Crippen MR) is 105 cm³/mol. The van der Waals surface area contributed by atoms with Crippen molar-refractivity contribution in [2.24, 2.45) is 0 Å². The number of unbranched alkanes of at least 4 members (excludes halogenated alkanes) is 1. The van der Waals surface area contributed by atoms with Gasteiger partial charge in [-0.05, 0) is 50.1 Å². The van der Waals surface area contributed by atoms with Crippen LogP contribution in [-0.4, -0.2) is 30.6 Å². The smallest absolute Gasteiger partial charge is 0.261 e. The second kappa shape index (κ2) is 8.80. The zero-order chi connectivity index (χ0) is 17.5. The minimum atomic E-state index is -3.05. The van der Waals surface area contributed by atoms with Crippen LogP contribution >= 0.6 is 7.37 Å². The third kappa shape index (κ3) is 4.61. The normalized spacial score (nSPS) is 16.8. The summed E-state index contributed by atoms with van der Waals surface area (Å²) in [5.41, 5.74) is 0. The van der Waals surface area contributed by atoms with Gasteiger partial charge in [0.1, 0.15) is 0 Å². The number of rotatable bonds is 7. The number of piperidine rings is 1. The van der Waals surface area contributed by atoms with Crippen LogP contribution in [0.4, 0.5) is 0 Å². The van der Waals surface area contributed by atoms with Crippen molar-refractivity contribution in [3.05, 3.63) is 60.7 Å². The molecule has 0 N–H and O–H groups in total. The summed E-state index contributed by atoms with van der Waals surface area (Å²) in [4.78, 5) is 2.50. The van der Waals surface area contributed by atoms with Crippen LogP contribution in [0.15, 0.2) is 60.7 Å². The molecule has 3 nitrogen and oxygen atoms in total. The highest BCUT2D eigenvalue weighted by Gasteiger charge is 2.33. The molecular weight excluding hydrogens is 329 g/mol. The van der Waals surface area contributed by atoms with Crippen molar-refractivity contribution in [1.29, 1.82) is 0 Å². The lowest BCUT2D eigenvalue weighted by molar-refractivity contribution is 0.105. The van der Waals surface area contributed by atoms with Crippen LogP contribution in [0.1, 0.15) is 32.6 Å². The summed E-state index contributed by atoms with van der Waals surface area (Å²) >= 11 is 0. The lowest BCUT2D eigenvalue weighted by Crippen LogP contribution is -2.38. The fourth-order valence-corrected chi connectivity index (χ4v) is 5.65. The van der Waals surface area contributed by atoms with Gasteiger partial charge in [-0.3, -0.25) is 4.57 Å². The van der Waals surface area contributed by atoms with Crippen LogP contribution in [0.5, 0.6) is 0 Å². The Kier molecular flexibility index (Phi) is 6.47. The standard InChI is InChI=1S/C21H28NO2P/c1-2-3-16-22-17-14-19(15-18-22)24-25(23,20-10-6-4-7-11-20)21-12-8-5-9-13-21/h4-13,19H,2-3,14-18H2,1H3. The van der Waals surface area contributed by atoms with E-state index in [0.717, 1.165) is 43.1 Å². The van der Waals surface area contributed by atoms with Gasteiger partial charge < -0.3 is 9.42 Å². The summed E-state index contributed by atoms with van der Waals surface area (Å²) in [6.07, 6.45) is 4.44. The fourth-order valence-electron chi connectivity index (χ4n) is 3.35. The Morgan fingerprint density at radius 3 is 1.96 bits per heavy atom. The van der Waals surface area contributed by atoms with Gasteiger partial charge in [-0.1, -0.05) is 49.7 Å². The molecular formula is C21H28NO2P. The molecule has 3 rings (SSSR count). The first-order valence-electron chi connectivity index (χ1n) is 9.34. The summed E-state index contributed by atoms with van der Waals surface area (Å²) in [5, 5.41) is 1.57. The van der Waals surface area contributed by atoms with Crippen LogP contribution in [0.25, 0.3) is 0 Å². The first kappa shape index (κ1) is 18.4. The van der Waals surface area contributed by atoms with Crippen molar-refractivity contribution >= 4 is 18.0 Å². The summed E-state index contributed by atoms with van der Waals surface area (Å²) in [7, 11) is -3.05. The molecule has 2 aromatic rings. The third-order valence-corrected chi connectivity index (χ3v) is 7.40. The summed E-state index contributed by atoms with van der Waals surface area (Å²) in [6.45, 7) is 5.46. The van der Waals surface area contributed by atoms with E-state index < -0.39 is 7.37 Å². The molecule has 1 aliphatic rings. The molecule has 0 amide bonds. The highest BCUT2D eigenvalue weighted by Crippen LogP contribution is 2.47. The lowest BCUT2D eigenvalue weighted by Gasteiger charge is -2.34. The van der Waals surface area contributed by atoms with Gasteiger partial charge in [0.05, 0.1) is 6.10 Å². The Balaban J connectivity index is 1.75. The Hall–Kier alpha value is -1.41. The van der Waals surface area contributed by atoms with Crippen LogP contribution in [0.2, 0.25) is 0 Å². The largest absolute Gasteiger partial charge is 0.319 e. The van der Waals surface area contributed by atoms with Gasteiger partial charge in [0.2, 0.25) is 0 Å². The molecule has 0 aromatic heterocycles. The molecule has 1 fully saturated rings. The van der Waals surface area contributed by atoms with Crippen molar-refractivity contribution in [2.75, 3.05) is 19.6 Å². The van der Waals surface area contributed by atoms with Gasteiger partial charge in [0.25, 0.3) is 7.37 Å². The predicted octanol–water partition coefficient (Wildman–Crippen LogP) is 4.20. The molecule has 0 unspecified atom stereocenters. The van der Waals surface area contributed by atoms with E-state index in [2.05, 4.69) is 11.8 Å². The molecule has 134 valence electrons. The van der Waals surface area contributed by atoms with Crippen molar-refractivity contribution in [3.63, 3.8) is 0 Å². The van der Waals surface area contributed by atoms with E-state index in [9.17, 15) is 4.57 Å². The summed E-state index contributed by atoms with van der Waals surface area (Å²) < 4.78 is 20.2. The quantitative estimate of drug-likeness (QED) is 0.696. The van der Waals surface area contributed by atoms with E-state index in [-0.39, 0.29) is 6.10 Å². The molecule has 0 bridgehead atoms. The Morgan fingerprint density at radius 2 is 1.48 bits per heavy atom. The molecule has 25 heavy (non-hydrogen) atoms. The molecule has 2 aromatic carbocycles. The van der Waals surface area contributed by atoms with E-state index in [1.807, 2.05) is 60.7 Å². The monoisotopic (exact) mass is 357 g/mol. The van der Waals surface area contributed by atoms with E-state index in [1.165, 1.54) is 12.8 Å². The van der Waals surface area contributed by atoms with Crippen LogP contribution < -0.4 is 10.6 Å². The number of benzene rings is 2. The molecule has 1 saturated heterocycles. The summed E-state index contributed by atoms with van der Waals surface area (Å²) in [5.74, 6) is 0. The fraction of sp³-hybridized carbons (Fsp3) is 0.429. The Bertz CT molecular complexity index is 638. The van der Waals surface area contributed by atoms with E-state index >= 15 is 0 Å². The summed E-state index contributed by atoms with van der Waals surface area (Å²) in [6, 6.07) is 19.3.